The first-order chi connectivity index (χ1) is 11.1. The molecular weight excluding hydrogens is 290 g/mol. The van der Waals surface area contributed by atoms with Crippen molar-refractivity contribution in [2.75, 3.05) is 6.54 Å². The van der Waals surface area contributed by atoms with Gasteiger partial charge in [-0.3, -0.25) is 4.79 Å². The third-order valence-corrected chi connectivity index (χ3v) is 4.06. The molecule has 0 saturated carbocycles. The van der Waals surface area contributed by atoms with Gasteiger partial charge in [0, 0.05) is 32.0 Å². The second kappa shape index (κ2) is 6.21. The summed E-state index contributed by atoms with van der Waals surface area (Å²) in [5, 5.41) is 11.1. The highest BCUT2D eigenvalue weighted by Gasteiger charge is 2.38. The van der Waals surface area contributed by atoms with E-state index in [-0.39, 0.29) is 11.6 Å². The summed E-state index contributed by atoms with van der Waals surface area (Å²) in [6, 6.07) is 5.80. The first-order valence-corrected chi connectivity index (χ1v) is 7.70. The van der Waals surface area contributed by atoms with Crippen molar-refractivity contribution in [1.29, 1.82) is 0 Å². The van der Waals surface area contributed by atoms with Gasteiger partial charge >= 0.3 is 0 Å². The summed E-state index contributed by atoms with van der Waals surface area (Å²) in [5.74, 6) is 2.58. The minimum absolute atomic E-state index is 0.0218. The quantitative estimate of drug-likeness (QED) is 0.797. The summed E-state index contributed by atoms with van der Waals surface area (Å²) >= 11 is 0. The minimum Gasteiger partial charge on any atom is -0.356 e. The topological polar surface area (TPSA) is 71.1 Å². The number of carbonyl (C=O) groups excluding carboxylic acids is 1. The van der Waals surface area contributed by atoms with Crippen LogP contribution in [0.5, 0.6) is 0 Å². The third-order valence-electron chi connectivity index (χ3n) is 4.06. The number of hydrogen-bond donors (Lipinski definition) is 1. The van der Waals surface area contributed by atoms with Crippen molar-refractivity contribution in [3.8, 4) is 12.3 Å². The fourth-order valence-electron chi connectivity index (χ4n) is 2.66. The zero-order valence-corrected chi connectivity index (χ0v) is 13.1. The van der Waals surface area contributed by atoms with Crippen molar-refractivity contribution in [3.05, 3.63) is 35.8 Å². The first kappa shape index (κ1) is 15.2. The molecule has 3 heterocycles. The number of terminal acetylenes is 1. The molecule has 0 atom stereocenters. The van der Waals surface area contributed by atoms with Crippen LogP contribution >= 0.6 is 0 Å². The lowest BCUT2D eigenvalue weighted by atomic mass is 10.0. The standard InChI is InChI=1S/C17H19N5O/c1-3-4-8-17(20-21-17)9-10-18-16(23)12-14-13(2)19-15-7-5-6-11-22(14)15/h1,5-7,11H,4,8-10,12H2,2H3,(H,18,23). The minimum atomic E-state index is -0.348. The summed E-state index contributed by atoms with van der Waals surface area (Å²) in [5.41, 5.74) is 2.31. The van der Waals surface area contributed by atoms with Crippen LogP contribution in [-0.2, 0) is 11.2 Å². The number of carbonyl (C=O) groups is 1. The summed E-state index contributed by atoms with van der Waals surface area (Å²) in [4.78, 5) is 16.6. The van der Waals surface area contributed by atoms with Gasteiger partial charge in [0.1, 0.15) is 5.65 Å². The van der Waals surface area contributed by atoms with Gasteiger partial charge < -0.3 is 9.72 Å². The van der Waals surface area contributed by atoms with Crippen LogP contribution in [0.25, 0.3) is 5.65 Å². The van der Waals surface area contributed by atoms with Crippen LogP contribution in [-0.4, -0.2) is 27.5 Å². The Balaban J connectivity index is 1.53. The highest BCUT2D eigenvalue weighted by Crippen LogP contribution is 2.35. The van der Waals surface area contributed by atoms with Crippen LogP contribution in [0.4, 0.5) is 0 Å². The predicted octanol–water partition coefficient (Wildman–Crippen LogP) is 2.27. The molecule has 118 valence electrons. The molecule has 0 radical (unpaired) electrons. The highest BCUT2D eigenvalue weighted by atomic mass is 16.1. The SMILES string of the molecule is C#CCCC1(CCNC(=O)Cc2c(C)nc3ccccn23)N=N1. The van der Waals surface area contributed by atoms with E-state index in [1.54, 1.807) is 0 Å². The number of aryl methyl sites for hydroxylation is 1. The van der Waals surface area contributed by atoms with Crippen molar-refractivity contribution in [3.63, 3.8) is 0 Å². The highest BCUT2D eigenvalue weighted by molar-refractivity contribution is 5.78. The molecule has 1 N–H and O–H groups in total. The maximum absolute atomic E-state index is 12.2. The molecule has 6 heteroatoms. The number of rotatable bonds is 7. The summed E-state index contributed by atoms with van der Waals surface area (Å²) in [6.45, 7) is 2.47. The summed E-state index contributed by atoms with van der Waals surface area (Å²) in [6.07, 6.45) is 9.61. The largest absolute Gasteiger partial charge is 0.356 e. The number of pyridine rings is 1. The smallest absolute Gasteiger partial charge is 0.226 e. The van der Waals surface area contributed by atoms with Crippen LogP contribution < -0.4 is 5.32 Å². The number of fused-ring (bicyclic) bond motifs is 1. The summed E-state index contributed by atoms with van der Waals surface area (Å²) in [7, 11) is 0. The van der Waals surface area contributed by atoms with Gasteiger partial charge in [0.2, 0.25) is 5.91 Å². The normalized spacial score (nSPS) is 14.6. The average molecular weight is 309 g/mol. The van der Waals surface area contributed by atoms with Crippen molar-refractivity contribution >= 4 is 11.6 Å². The zero-order valence-electron chi connectivity index (χ0n) is 13.1. The van der Waals surface area contributed by atoms with Crippen molar-refractivity contribution in [2.24, 2.45) is 10.2 Å². The molecule has 2 aromatic rings. The second-order valence-electron chi connectivity index (χ2n) is 5.74. The Labute approximate surface area is 135 Å². The van der Waals surface area contributed by atoms with E-state index in [0.29, 0.717) is 25.8 Å². The number of nitrogens with one attached hydrogen (secondary N) is 1. The monoisotopic (exact) mass is 309 g/mol. The molecule has 1 aliphatic rings. The van der Waals surface area contributed by atoms with Gasteiger partial charge in [-0.2, -0.15) is 10.2 Å². The van der Waals surface area contributed by atoms with Crippen molar-refractivity contribution < 1.29 is 4.79 Å². The molecule has 3 rings (SSSR count). The molecule has 0 aliphatic carbocycles. The third kappa shape index (κ3) is 3.39. The molecule has 2 aromatic heterocycles. The molecule has 1 amide bonds. The predicted molar refractivity (Wildman–Crippen MR) is 86.9 cm³/mol. The molecule has 23 heavy (non-hydrogen) atoms. The van der Waals surface area contributed by atoms with Crippen molar-refractivity contribution in [1.82, 2.24) is 14.7 Å². The lowest BCUT2D eigenvalue weighted by molar-refractivity contribution is -0.120. The maximum Gasteiger partial charge on any atom is 0.226 e. The van der Waals surface area contributed by atoms with E-state index >= 15 is 0 Å². The van der Waals surface area contributed by atoms with E-state index in [0.717, 1.165) is 23.5 Å². The lowest BCUT2D eigenvalue weighted by Crippen LogP contribution is -2.30. The second-order valence-corrected chi connectivity index (χ2v) is 5.74. The van der Waals surface area contributed by atoms with Crippen LogP contribution in [0.2, 0.25) is 0 Å². The van der Waals surface area contributed by atoms with Gasteiger partial charge in [0.05, 0.1) is 17.8 Å². The van der Waals surface area contributed by atoms with E-state index in [2.05, 4.69) is 26.4 Å². The molecule has 0 unspecified atom stereocenters. The van der Waals surface area contributed by atoms with Gasteiger partial charge in [-0.1, -0.05) is 6.07 Å². The van der Waals surface area contributed by atoms with Gasteiger partial charge in [0.15, 0.2) is 5.66 Å². The van der Waals surface area contributed by atoms with E-state index < -0.39 is 0 Å². The first-order valence-electron chi connectivity index (χ1n) is 7.70. The number of aromatic nitrogens is 2. The molecule has 0 fully saturated rings. The Morgan fingerprint density at radius 2 is 2.22 bits per heavy atom. The Morgan fingerprint density at radius 1 is 1.39 bits per heavy atom. The Bertz CT molecular complexity index is 793. The van der Waals surface area contributed by atoms with Crippen molar-refractivity contribution in [2.45, 2.75) is 38.3 Å². The molecule has 0 aromatic carbocycles. The molecular formula is C17H19N5O. The zero-order chi connectivity index (χ0) is 16.3. The molecule has 0 spiro atoms. The fraction of sp³-hybridized carbons (Fsp3) is 0.412. The van der Waals surface area contributed by atoms with Gasteiger partial charge in [0.25, 0.3) is 0 Å². The fourth-order valence-corrected chi connectivity index (χ4v) is 2.66. The Kier molecular flexibility index (Phi) is 4.11. The number of nitrogens with zero attached hydrogens (tertiary/aromatic N) is 4. The number of hydrogen-bond acceptors (Lipinski definition) is 4. The van der Waals surface area contributed by atoms with E-state index in [9.17, 15) is 4.79 Å². The molecule has 0 bridgehead atoms. The maximum atomic E-state index is 12.2. The lowest BCUT2D eigenvalue weighted by Gasteiger charge is -2.10. The van der Waals surface area contributed by atoms with E-state index in [4.69, 9.17) is 6.42 Å². The van der Waals surface area contributed by atoms with Gasteiger partial charge in [-0.15, -0.1) is 12.3 Å². The Morgan fingerprint density at radius 3 is 2.96 bits per heavy atom. The number of amides is 1. The summed E-state index contributed by atoms with van der Waals surface area (Å²) < 4.78 is 1.95. The average Bonchev–Trinajstić information content (AvgIpc) is 3.24. The van der Waals surface area contributed by atoms with E-state index in [1.165, 1.54) is 0 Å². The van der Waals surface area contributed by atoms with Crippen LogP contribution in [0.3, 0.4) is 0 Å². The van der Waals surface area contributed by atoms with Crippen LogP contribution in [0, 0.1) is 19.3 Å². The van der Waals surface area contributed by atoms with Gasteiger partial charge in [-0.05, 0) is 19.1 Å². The number of imidazole rings is 1. The van der Waals surface area contributed by atoms with Gasteiger partial charge in [-0.25, -0.2) is 4.98 Å². The van der Waals surface area contributed by atoms with Crippen LogP contribution in [0.15, 0.2) is 34.6 Å². The van der Waals surface area contributed by atoms with E-state index in [1.807, 2.05) is 35.7 Å². The Hall–Kier alpha value is -2.68. The van der Waals surface area contributed by atoms with Crippen LogP contribution in [0.1, 0.15) is 30.7 Å². The molecule has 0 saturated heterocycles. The molecule has 6 nitrogen and oxygen atoms in total. The molecule has 1 aliphatic heterocycles.